The maximum absolute atomic E-state index is 10.2. The van der Waals surface area contributed by atoms with Crippen molar-refractivity contribution in [1.29, 1.82) is 5.26 Å². The van der Waals surface area contributed by atoms with Gasteiger partial charge in [-0.05, 0) is 30.2 Å². The van der Waals surface area contributed by atoms with Gasteiger partial charge in [-0.1, -0.05) is 0 Å². The molecule has 0 radical (unpaired) electrons. The van der Waals surface area contributed by atoms with Gasteiger partial charge in [-0.25, -0.2) is 0 Å². The van der Waals surface area contributed by atoms with Crippen molar-refractivity contribution in [3.05, 3.63) is 35.5 Å². The van der Waals surface area contributed by atoms with E-state index in [-0.39, 0.29) is 0 Å². The minimum atomic E-state index is -1.28. The lowest BCUT2D eigenvalue weighted by atomic mass is 10.1. The van der Waals surface area contributed by atoms with E-state index in [1.165, 1.54) is 0 Å². The average molecular weight is 228 g/mol. The van der Waals surface area contributed by atoms with Crippen molar-refractivity contribution in [1.82, 2.24) is 10.3 Å². The molecule has 0 bridgehead atoms. The standard InChI is InChI=1S/C12H11N3O2/c13-6-8-1-2-11-10(5-8)9(7-15-11)3-4-14-12(16)17/h1-2,5,7,14-15H,3-4H2,(H,16,17)/p-1. The summed E-state index contributed by atoms with van der Waals surface area (Å²) in [6, 6.07) is 7.44. The SMILES string of the molecule is N#Cc1ccc2[nH]cc(CCNC(=O)[O-])c2c1. The third-order valence-corrected chi connectivity index (χ3v) is 2.56. The Labute approximate surface area is 97.7 Å². The van der Waals surface area contributed by atoms with Gasteiger partial charge < -0.3 is 20.2 Å². The monoisotopic (exact) mass is 228 g/mol. The number of nitrogens with one attached hydrogen (secondary N) is 2. The Balaban J connectivity index is 2.22. The number of nitriles is 1. The number of H-pyrrole nitrogens is 1. The quantitative estimate of drug-likeness (QED) is 0.801. The summed E-state index contributed by atoms with van der Waals surface area (Å²) in [5, 5.41) is 22.2. The summed E-state index contributed by atoms with van der Waals surface area (Å²) in [6.07, 6.45) is 1.11. The summed E-state index contributed by atoms with van der Waals surface area (Å²) in [4.78, 5) is 13.3. The molecule has 0 atom stereocenters. The summed E-state index contributed by atoms with van der Waals surface area (Å²) >= 11 is 0. The molecule has 0 spiro atoms. The molecule has 5 nitrogen and oxygen atoms in total. The number of carboxylic acid groups (broad SMARTS) is 1. The number of benzene rings is 1. The van der Waals surface area contributed by atoms with Crippen molar-refractivity contribution < 1.29 is 9.90 Å². The second-order valence-electron chi connectivity index (χ2n) is 3.65. The highest BCUT2D eigenvalue weighted by Crippen LogP contribution is 2.19. The molecule has 0 aliphatic rings. The van der Waals surface area contributed by atoms with E-state index in [0.717, 1.165) is 16.5 Å². The number of carbonyl (C=O) groups excluding carboxylic acids is 1. The molecule has 2 aromatic rings. The van der Waals surface area contributed by atoms with Crippen LogP contribution in [-0.2, 0) is 6.42 Å². The van der Waals surface area contributed by atoms with E-state index in [9.17, 15) is 9.90 Å². The molecule has 0 fully saturated rings. The lowest BCUT2D eigenvalue weighted by Gasteiger charge is -2.05. The maximum atomic E-state index is 10.2. The van der Waals surface area contributed by atoms with Gasteiger partial charge in [0.15, 0.2) is 0 Å². The third kappa shape index (κ3) is 2.37. The first-order valence-corrected chi connectivity index (χ1v) is 5.15. The van der Waals surface area contributed by atoms with Gasteiger partial charge in [-0.3, -0.25) is 0 Å². The van der Waals surface area contributed by atoms with Gasteiger partial charge in [0.2, 0.25) is 0 Å². The lowest BCUT2D eigenvalue weighted by molar-refractivity contribution is -0.250. The first kappa shape index (κ1) is 11.0. The molecule has 86 valence electrons. The summed E-state index contributed by atoms with van der Waals surface area (Å²) in [7, 11) is 0. The van der Waals surface area contributed by atoms with E-state index in [1.54, 1.807) is 12.1 Å². The molecule has 1 heterocycles. The number of carbonyl (C=O) groups is 1. The zero-order valence-electron chi connectivity index (χ0n) is 8.99. The van der Waals surface area contributed by atoms with E-state index >= 15 is 0 Å². The fraction of sp³-hybridized carbons (Fsp3) is 0.167. The van der Waals surface area contributed by atoms with Crippen LogP contribution in [0, 0.1) is 11.3 Å². The van der Waals surface area contributed by atoms with Crippen LogP contribution in [0.3, 0.4) is 0 Å². The normalized spacial score (nSPS) is 10.1. The van der Waals surface area contributed by atoms with E-state index in [1.807, 2.05) is 12.3 Å². The number of fused-ring (bicyclic) bond motifs is 1. The van der Waals surface area contributed by atoms with Crippen molar-refractivity contribution in [2.45, 2.75) is 6.42 Å². The first-order valence-electron chi connectivity index (χ1n) is 5.15. The van der Waals surface area contributed by atoms with Crippen LogP contribution < -0.4 is 10.4 Å². The highest BCUT2D eigenvalue weighted by Gasteiger charge is 2.04. The Bertz CT molecular complexity index is 595. The first-order chi connectivity index (χ1) is 8.20. The van der Waals surface area contributed by atoms with Crippen molar-refractivity contribution >= 4 is 17.0 Å². The number of hydrogen-bond donors (Lipinski definition) is 2. The molecule has 1 aromatic carbocycles. The van der Waals surface area contributed by atoms with Crippen LogP contribution in [0.4, 0.5) is 4.79 Å². The van der Waals surface area contributed by atoms with E-state index in [4.69, 9.17) is 5.26 Å². The summed E-state index contributed by atoms with van der Waals surface area (Å²) in [5.41, 5.74) is 2.50. The predicted octanol–water partition coefficient (Wildman–Crippen LogP) is 0.515. The number of nitrogens with zero attached hydrogens (tertiary/aromatic N) is 1. The van der Waals surface area contributed by atoms with E-state index < -0.39 is 6.09 Å². The molecule has 0 saturated heterocycles. The van der Waals surface area contributed by atoms with Gasteiger partial charge in [-0.2, -0.15) is 5.26 Å². The number of rotatable bonds is 3. The second-order valence-corrected chi connectivity index (χ2v) is 3.65. The zero-order chi connectivity index (χ0) is 12.3. The van der Waals surface area contributed by atoms with Crippen LogP contribution >= 0.6 is 0 Å². The zero-order valence-corrected chi connectivity index (χ0v) is 8.99. The van der Waals surface area contributed by atoms with Crippen LogP contribution in [0.2, 0.25) is 0 Å². The van der Waals surface area contributed by atoms with Crippen LogP contribution in [0.25, 0.3) is 10.9 Å². The van der Waals surface area contributed by atoms with Gasteiger partial charge >= 0.3 is 0 Å². The van der Waals surface area contributed by atoms with Gasteiger partial charge in [0.25, 0.3) is 0 Å². The topological polar surface area (TPSA) is 91.7 Å². The van der Waals surface area contributed by atoms with Crippen LogP contribution in [-0.4, -0.2) is 17.6 Å². The number of hydrogen-bond acceptors (Lipinski definition) is 3. The second kappa shape index (κ2) is 4.58. The molecular weight excluding hydrogens is 218 g/mol. The van der Waals surface area contributed by atoms with Crippen molar-refractivity contribution in [2.24, 2.45) is 0 Å². The molecule has 2 rings (SSSR count). The Morgan fingerprint density at radius 1 is 1.53 bits per heavy atom. The van der Waals surface area contributed by atoms with Crippen molar-refractivity contribution in [3.8, 4) is 6.07 Å². The Kier molecular flexibility index (Phi) is 2.97. The number of aromatic amines is 1. The van der Waals surface area contributed by atoms with Gasteiger partial charge in [-0.15, -0.1) is 0 Å². The molecule has 2 N–H and O–H groups in total. The fourth-order valence-electron chi connectivity index (χ4n) is 1.75. The predicted molar refractivity (Wildman–Crippen MR) is 60.1 cm³/mol. The molecule has 5 heteroatoms. The number of aromatic nitrogens is 1. The molecule has 17 heavy (non-hydrogen) atoms. The van der Waals surface area contributed by atoms with Crippen LogP contribution in [0.5, 0.6) is 0 Å². The minimum Gasteiger partial charge on any atom is -0.530 e. The summed E-state index contributed by atoms with van der Waals surface area (Å²) in [6.45, 7) is 0.298. The molecule has 1 aromatic heterocycles. The van der Waals surface area contributed by atoms with Crippen LogP contribution in [0.1, 0.15) is 11.1 Å². The molecule has 0 aliphatic heterocycles. The van der Waals surface area contributed by atoms with E-state index in [2.05, 4.69) is 16.4 Å². The van der Waals surface area contributed by atoms with E-state index in [0.29, 0.717) is 18.5 Å². The Morgan fingerprint density at radius 3 is 3.06 bits per heavy atom. The molecule has 0 saturated carbocycles. The summed E-state index contributed by atoms with van der Waals surface area (Å²) in [5.74, 6) is 0. The summed E-state index contributed by atoms with van der Waals surface area (Å²) < 4.78 is 0. The highest BCUT2D eigenvalue weighted by molar-refractivity contribution is 5.84. The fourth-order valence-corrected chi connectivity index (χ4v) is 1.75. The maximum Gasteiger partial charge on any atom is 0.134 e. The van der Waals surface area contributed by atoms with Gasteiger partial charge in [0, 0.05) is 23.6 Å². The largest absolute Gasteiger partial charge is 0.530 e. The highest BCUT2D eigenvalue weighted by atomic mass is 16.4. The Hall–Kier alpha value is -2.48. The number of amides is 1. The smallest absolute Gasteiger partial charge is 0.134 e. The Morgan fingerprint density at radius 2 is 2.35 bits per heavy atom. The van der Waals surface area contributed by atoms with Gasteiger partial charge in [0.05, 0.1) is 11.6 Å². The molecule has 0 unspecified atom stereocenters. The van der Waals surface area contributed by atoms with Gasteiger partial charge in [0.1, 0.15) is 6.09 Å². The lowest BCUT2D eigenvalue weighted by Crippen LogP contribution is -2.37. The molecular formula is C12H10N3O2-. The van der Waals surface area contributed by atoms with Crippen LogP contribution in [0.15, 0.2) is 24.4 Å². The molecule has 0 aliphatic carbocycles. The molecule has 1 amide bonds. The average Bonchev–Trinajstić information content (AvgIpc) is 2.71. The van der Waals surface area contributed by atoms with Crippen molar-refractivity contribution in [2.75, 3.05) is 6.54 Å². The third-order valence-electron chi connectivity index (χ3n) is 2.56. The minimum absolute atomic E-state index is 0.298. The van der Waals surface area contributed by atoms with Crippen molar-refractivity contribution in [3.63, 3.8) is 0 Å².